The number of pyridine rings is 1. The lowest BCUT2D eigenvalue weighted by Gasteiger charge is -2.27. The standard InChI is InChI=1S/C60H46F4N4O/c1-36-21-37(2)23-38(22-36)39-28-47(33-49(29-39)69-48-17-18-53-52-11-6-7-14-54(52)68(57(53)34-48)58-30-42(19-20-65-58)60(3,4)5)66-35-67(56-16-9-8-15-55(56)66)59-50(40-24-43(61)31-44(62)25-40)12-10-13-51(59)41-26-45(63)32-46(64)27-41/h6-34H,35H2,1-5H3. The number of aromatic nitrogens is 2. The predicted octanol–water partition coefficient (Wildman–Crippen LogP) is 16.7. The minimum absolute atomic E-state index is 0.0801. The van der Waals surface area contributed by atoms with Gasteiger partial charge in [-0.3, -0.25) is 4.57 Å². The summed E-state index contributed by atoms with van der Waals surface area (Å²) in [5, 5.41) is 2.18. The van der Waals surface area contributed by atoms with E-state index in [-0.39, 0.29) is 23.2 Å². The highest BCUT2D eigenvalue weighted by Gasteiger charge is 2.32. The van der Waals surface area contributed by atoms with Gasteiger partial charge in [-0.1, -0.05) is 98.6 Å². The summed E-state index contributed by atoms with van der Waals surface area (Å²) in [6.45, 7) is 11.0. The van der Waals surface area contributed by atoms with Crippen LogP contribution in [0.4, 0.5) is 40.3 Å². The van der Waals surface area contributed by atoms with Crippen molar-refractivity contribution in [3.05, 3.63) is 216 Å². The van der Waals surface area contributed by atoms with Crippen molar-refractivity contribution < 1.29 is 22.3 Å². The smallest absolute Gasteiger partial charge is 0.137 e. The summed E-state index contributed by atoms with van der Waals surface area (Å²) in [4.78, 5) is 9.06. The fourth-order valence-corrected chi connectivity index (χ4v) is 9.86. The molecular weight excluding hydrogens is 869 g/mol. The van der Waals surface area contributed by atoms with E-state index in [1.165, 1.54) is 29.8 Å². The number of para-hydroxylation sites is 4. The molecule has 10 aromatic rings. The Labute approximate surface area is 398 Å². The third kappa shape index (κ3) is 8.14. The van der Waals surface area contributed by atoms with Gasteiger partial charge in [-0.2, -0.15) is 0 Å². The lowest BCUT2D eigenvalue weighted by atomic mass is 9.88. The van der Waals surface area contributed by atoms with E-state index in [9.17, 15) is 17.6 Å². The molecule has 69 heavy (non-hydrogen) atoms. The zero-order valence-corrected chi connectivity index (χ0v) is 38.7. The maximum Gasteiger partial charge on any atom is 0.137 e. The molecule has 0 atom stereocenters. The molecule has 0 saturated carbocycles. The van der Waals surface area contributed by atoms with E-state index >= 15 is 0 Å². The van der Waals surface area contributed by atoms with Crippen LogP contribution in [0.25, 0.3) is 61.0 Å². The molecule has 11 rings (SSSR count). The first kappa shape index (κ1) is 43.4. The number of fused-ring (bicyclic) bond motifs is 4. The Morgan fingerprint density at radius 1 is 0.493 bits per heavy atom. The van der Waals surface area contributed by atoms with E-state index in [0.717, 1.165) is 79.1 Å². The van der Waals surface area contributed by atoms with Gasteiger partial charge < -0.3 is 14.5 Å². The molecule has 0 radical (unpaired) electrons. The number of hydrogen-bond donors (Lipinski definition) is 0. The molecule has 0 unspecified atom stereocenters. The van der Waals surface area contributed by atoms with Gasteiger partial charge in [0.2, 0.25) is 0 Å². The molecule has 0 saturated heterocycles. The average molecular weight is 915 g/mol. The highest BCUT2D eigenvalue weighted by Crippen LogP contribution is 2.51. The first-order chi connectivity index (χ1) is 33.2. The van der Waals surface area contributed by atoms with Crippen LogP contribution >= 0.6 is 0 Å². The van der Waals surface area contributed by atoms with Crippen molar-refractivity contribution in [3.8, 4) is 50.7 Å². The Kier molecular flexibility index (Phi) is 10.6. The number of benzene rings is 8. The summed E-state index contributed by atoms with van der Waals surface area (Å²) in [6.07, 6.45) is 1.87. The number of anilines is 4. The van der Waals surface area contributed by atoms with Gasteiger partial charge in [0.05, 0.1) is 28.1 Å². The molecule has 1 aliphatic heterocycles. The molecule has 9 heteroatoms. The van der Waals surface area contributed by atoms with Crippen LogP contribution in [0.1, 0.15) is 37.5 Å². The molecule has 0 aliphatic carbocycles. The van der Waals surface area contributed by atoms with Crippen LogP contribution in [0.15, 0.2) is 176 Å². The van der Waals surface area contributed by atoms with Crippen molar-refractivity contribution in [2.45, 2.75) is 40.0 Å². The zero-order chi connectivity index (χ0) is 47.7. The molecule has 0 spiro atoms. The quantitative estimate of drug-likeness (QED) is 0.142. The molecule has 340 valence electrons. The van der Waals surface area contributed by atoms with E-state index in [1.54, 1.807) is 18.2 Å². The predicted molar refractivity (Wildman–Crippen MR) is 271 cm³/mol. The van der Waals surface area contributed by atoms with E-state index in [4.69, 9.17) is 9.72 Å². The maximum atomic E-state index is 15.0. The number of aryl methyl sites for hydroxylation is 2. The van der Waals surface area contributed by atoms with Gasteiger partial charge in [-0.05, 0) is 126 Å². The summed E-state index contributed by atoms with van der Waals surface area (Å²) >= 11 is 0. The van der Waals surface area contributed by atoms with Gasteiger partial charge in [-0.25, -0.2) is 22.5 Å². The molecule has 0 amide bonds. The van der Waals surface area contributed by atoms with Gasteiger partial charge in [0.15, 0.2) is 0 Å². The highest BCUT2D eigenvalue weighted by molar-refractivity contribution is 6.09. The summed E-state index contributed by atoms with van der Waals surface area (Å²) < 4.78 is 69.1. The van der Waals surface area contributed by atoms with Crippen molar-refractivity contribution >= 4 is 44.6 Å². The Balaban J connectivity index is 1.07. The topological polar surface area (TPSA) is 33.5 Å². The molecule has 8 aromatic carbocycles. The number of hydrogen-bond acceptors (Lipinski definition) is 4. The first-order valence-electron chi connectivity index (χ1n) is 22.9. The Morgan fingerprint density at radius 3 is 1.74 bits per heavy atom. The van der Waals surface area contributed by atoms with Crippen LogP contribution in [-0.2, 0) is 5.41 Å². The molecule has 2 aromatic heterocycles. The van der Waals surface area contributed by atoms with Crippen LogP contribution in [0, 0.1) is 37.1 Å². The van der Waals surface area contributed by atoms with Gasteiger partial charge in [0.25, 0.3) is 0 Å². The van der Waals surface area contributed by atoms with E-state index in [2.05, 4.69) is 117 Å². The third-order valence-electron chi connectivity index (χ3n) is 12.9. The minimum atomic E-state index is -0.746. The lowest BCUT2D eigenvalue weighted by molar-refractivity contribution is 0.483. The van der Waals surface area contributed by atoms with Gasteiger partial charge in [0.1, 0.15) is 47.3 Å². The Bertz CT molecular complexity index is 3540. The van der Waals surface area contributed by atoms with Gasteiger partial charge >= 0.3 is 0 Å². The fraction of sp³-hybridized carbons (Fsp3) is 0.117. The molecular formula is C60H46F4N4O. The average Bonchev–Trinajstić information content (AvgIpc) is 3.86. The summed E-state index contributed by atoms with van der Waals surface area (Å²) in [5.41, 5.74) is 11.7. The molecule has 0 N–H and O–H groups in total. The van der Waals surface area contributed by atoms with Crippen molar-refractivity contribution in [1.82, 2.24) is 9.55 Å². The molecule has 5 nitrogen and oxygen atoms in total. The summed E-state index contributed by atoms with van der Waals surface area (Å²) in [6, 6.07) is 51.2. The summed E-state index contributed by atoms with van der Waals surface area (Å²) in [7, 11) is 0. The molecule has 3 heterocycles. The van der Waals surface area contributed by atoms with Crippen molar-refractivity contribution in [2.75, 3.05) is 16.5 Å². The molecule has 0 bridgehead atoms. The van der Waals surface area contributed by atoms with Crippen molar-refractivity contribution in [2.24, 2.45) is 0 Å². The highest BCUT2D eigenvalue weighted by atomic mass is 19.1. The number of rotatable bonds is 8. The lowest BCUT2D eigenvalue weighted by Crippen LogP contribution is -2.25. The number of ether oxygens (including phenoxy) is 1. The molecule has 0 fully saturated rings. The normalized spacial score (nSPS) is 12.6. The van der Waals surface area contributed by atoms with E-state index < -0.39 is 23.3 Å². The molecule has 1 aliphatic rings. The Hall–Kier alpha value is -8.17. The van der Waals surface area contributed by atoms with Crippen molar-refractivity contribution in [3.63, 3.8) is 0 Å². The van der Waals surface area contributed by atoms with Crippen LogP contribution < -0.4 is 14.5 Å². The minimum Gasteiger partial charge on any atom is -0.457 e. The largest absolute Gasteiger partial charge is 0.457 e. The fourth-order valence-electron chi connectivity index (χ4n) is 9.86. The van der Waals surface area contributed by atoms with Crippen LogP contribution in [0.3, 0.4) is 0 Å². The second kappa shape index (κ2) is 16.9. The third-order valence-corrected chi connectivity index (χ3v) is 12.9. The van der Waals surface area contributed by atoms with Crippen LogP contribution in [0.2, 0.25) is 0 Å². The van der Waals surface area contributed by atoms with E-state index in [1.807, 2.05) is 53.6 Å². The second-order valence-electron chi connectivity index (χ2n) is 18.9. The maximum absolute atomic E-state index is 15.0. The Morgan fingerprint density at radius 2 is 1.09 bits per heavy atom. The van der Waals surface area contributed by atoms with Gasteiger partial charge in [0, 0.05) is 58.0 Å². The SMILES string of the molecule is Cc1cc(C)cc(-c2cc(Oc3ccc4c5ccccc5n(-c5cc(C(C)(C)C)ccn5)c4c3)cc(N3CN(c4c(-c5cc(F)cc(F)c5)cccc4-c4cc(F)cc(F)c4)c4ccccc43)c2)c1. The van der Waals surface area contributed by atoms with E-state index in [0.29, 0.717) is 28.3 Å². The monoisotopic (exact) mass is 914 g/mol. The first-order valence-corrected chi connectivity index (χ1v) is 22.9. The summed E-state index contributed by atoms with van der Waals surface area (Å²) in [5.74, 6) is -0.938. The number of nitrogens with zero attached hydrogens (tertiary/aromatic N) is 4. The van der Waals surface area contributed by atoms with Crippen LogP contribution in [0.5, 0.6) is 11.5 Å². The number of halogens is 4. The van der Waals surface area contributed by atoms with Crippen molar-refractivity contribution in [1.29, 1.82) is 0 Å². The van der Waals surface area contributed by atoms with Gasteiger partial charge in [-0.15, -0.1) is 0 Å². The second-order valence-corrected chi connectivity index (χ2v) is 18.9. The zero-order valence-electron chi connectivity index (χ0n) is 38.7. The van der Waals surface area contributed by atoms with Crippen LogP contribution in [-0.4, -0.2) is 16.2 Å².